The molecule has 2 aromatic rings. The van der Waals surface area contributed by atoms with E-state index < -0.39 is 0 Å². The van der Waals surface area contributed by atoms with Crippen LogP contribution in [0.25, 0.3) is 0 Å². The lowest BCUT2D eigenvalue weighted by molar-refractivity contribution is 0.0954. The lowest BCUT2D eigenvalue weighted by atomic mass is 9.86. The van der Waals surface area contributed by atoms with E-state index in [0.717, 1.165) is 5.56 Å². The molecule has 0 aromatic heterocycles. The molecule has 0 radical (unpaired) electrons. The van der Waals surface area contributed by atoms with Crippen LogP contribution in [0, 0.1) is 0 Å². The number of nitrogens with zero attached hydrogens (tertiary/aromatic N) is 1. The Balaban J connectivity index is 1.72. The number of benzene rings is 2. The fourth-order valence-corrected chi connectivity index (χ4v) is 2.39. The quantitative estimate of drug-likeness (QED) is 0.664. The number of ether oxygens (including phenoxy) is 2. The summed E-state index contributed by atoms with van der Waals surface area (Å²) >= 11 is 0. The number of hydrazone groups is 1. The van der Waals surface area contributed by atoms with E-state index >= 15 is 0 Å². The number of carbonyl (C=O) groups excluding carboxylic acids is 1. The van der Waals surface area contributed by atoms with Crippen molar-refractivity contribution in [1.82, 2.24) is 5.43 Å². The molecule has 6 heteroatoms. The molecule has 2 N–H and O–H groups in total. The fraction of sp³-hybridized carbons (Fsp3) is 0.263. The topological polar surface area (TPSA) is 80.2 Å². The number of phenolic OH excluding ortho intramolecular Hbond substituents is 1. The van der Waals surface area contributed by atoms with Crippen LogP contribution in [-0.4, -0.2) is 24.0 Å². The molecule has 3 rings (SSSR count). The average molecular weight is 340 g/mol. The molecule has 1 aliphatic heterocycles. The number of fused-ring (bicyclic) bond motifs is 1. The van der Waals surface area contributed by atoms with E-state index in [1.54, 1.807) is 24.3 Å². The van der Waals surface area contributed by atoms with Crippen molar-refractivity contribution in [2.24, 2.45) is 5.10 Å². The Bertz CT molecular complexity index is 838. The summed E-state index contributed by atoms with van der Waals surface area (Å²) in [7, 11) is 0. The molecule has 130 valence electrons. The summed E-state index contributed by atoms with van der Waals surface area (Å²) in [6.07, 6.45) is 1.43. The number of hydrogen-bond donors (Lipinski definition) is 2. The zero-order chi connectivity index (χ0) is 18.0. The number of hydrogen-bond acceptors (Lipinski definition) is 5. The summed E-state index contributed by atoms with van der Waals surface area (Å²) in [5.41, 5.74) is 4.41. The maximum atomic E-state index is 12.2. The number of nitrogens with one attached hydrogen (secondary N) is 1. The van der Waals surface area contributed by atoms with E-state index in [1.807, 2.05) is 12.1 Å². The first kappa shape index (κ1) is 16.8. The molecule has 0 bridgehead atoms. The smallest absolute Gasteiger partial charge is 0.271 e. The summed E-state index contributed by atoms with van der Waals surface area (Å²) in [5.74, 6) is 0.881. The zero-order valence-corrected chi connectivity index (χ0v) is 14.4. The third-order valence-corrected chi connectivity index (χ3v) is 3.90. The van der Waals surface area contributed by atoms with E-state index in [-0.39, 0.29) is 23.9 Å². The van der Waals surface area contributed by atoms with Crippen LogP contribution in [0.4, 0.5) is 0 Å². The van der Waals surface area contributed by atoms with Gasteiger partial charge in [-0.25, -0.2) is 5.43 Å². The van der Waals surface area contributed by atoms with E-state index in [4.69, 9.17) is 9.47 Å². The minimum atomic E-state index is -0.374. The minimum Gasteiger partial charge on any atom is -0.507 e. The molecular formula is C19H20N2O4. The number of carbonyl (C=O) groups is 1. The molecule has 0 atom stereocenters. The maximum absolute atomic E-state index is 12.2. The summed E-state index contributed by atoms with van der Waals surface area (Å²) in [4.78, 5) is 12.2. The molecule has 2 aromatic carbocycles. The van der Waals surface area contributed by atoms with Crippen molar-refractivity contribution in [3.63, 3.8) is 0 Å². The third-order valence-electron chi connectivity index (χ3n) is 3.90. The van der Waals surface area contributed by atoms with Gasteiger partial charge in [0, 0.05) is 11.1 Å². The van der Waals surface area contributed by atoms with Gasteiger partial charge in [0.1, 0.15) is 5.75 Å². The second kappa shape index (κ2) is 6.47. The highest BCUT2D eigenvalue weighted by Gasteiger charge is 2.16. The van der Waals surface area contributed by atoms with Crippen molar-refractivity contribution in [3.8, 4) is 17.2 Å². The zero-order valence-electron chi connectivity index (χ0n) is 14.4. The number of aromatic hydroxyl groups is 1. The maximum Gasteiger partial charge on any atom is 0.271 e. The SMILES string of the molecule is CC(C)(C)c1ccc(O)c(/C=N/NC(=O)c2ccc3c(c2)OCO3)c1. The van der Waals surface area contributed by atoms with Gasteiger partial charge >= 0.3 is 0 Å². The third kappa shape index (κ3) is 3.74. The Labute approximate surface area is 146 Å². The van der Waals surface area contributed by atoms with Crippen LogP contribution in [-0.2, 0) is 5.41 Å². The Morgan fingerprint density at radius 1 is 1.16 bits per heavy atom. The highest BCUT2D eigenvalue weighted by Crippen LogP contribution is 2.32. The highest BCUT2D eigenvalue weighted by atomic mass is 16.7. The fourth-order valence-electron chi connectivity index (χ4n) is 2.39. The van der Waals surface area contributed by atoms with Crippen molar-refractivity contribution < 1.29 is 19.4 Å². The molecule has 6 nitrogen and oxygen atoms in total. The van der Waals surface area contributed by atoms with Crippen LogP contribution in [0.5, 0.6) is 17.2 Å². The Hall–Kier alpha value is -3.02. The molecule has 1 aliphatic rings. The van der Waals surface area contributed by atoms with Gasteiger partial charge in [-0.05, 0) is 41.3 Å². The van der Waals surface area contributed by atoms with Crippen LogP contribution in [0.3, 0.4) is 0 Å². The normalized spacial score (nSPS) is 13.2. The molecule has 0 saturated heterocycles. The minimum absolute atomic E-state index is 0.0496. The van der Waals surface area contributed by atoms with Gasteiger partial charge in [-0.3, -0.25) is 4.79 Å². The summed E-state index contributed by atoms with van der Waals surface area (Å²) in [6, 6.07) is 10.3. The van der Waals surface area contributed by atoms with E-state index in [1.165, 1.54) is 6.21 Å². The Morgan fingerprint density at radius 3 is 2.68 bits per heavy atom. The van der Waals surface area contributed by atoms with Crippen LogP contribution < -0.4 is 14.9 Å². The van der Waals surface area contributed by atoms with Crippen molar-refractivity contribution in [3.05, 3.63) is 53.1 Å². The molecule has 0 saturated carbocycles. The lowest BCUT2D eigenvalue weighted by Crippen LogP contribution is -2.17. The number of rotatable bonds is 3. The van der Waals surface area contributed by atoms with Gasteiger partial charge in [0.15, 0.2) is 11.5 Å². The second-order valence-electron chi connectivity index (χ2n) is 6.79. The van der Waals surface area contributed by atoms with Gasteiger partial charge in [0.25, 0.3) is 5.91 Å². The van der Waals surface area contributed by atoms with Crippen molar-refractivity contribution in [2.75, 3.05) is 6.79 Å². The van der Waals surface area contributed by atoms with Gasteiger partial charge < -0.3 is 14.6 Å². The van der Waals surface area contributed by atoms with Gasteiger partial charge in [0.2, 0.25) is 6.79 Å². The lowest BCUT2D eigenvalue weighted by Gasteiger charge is -2.19. The van der Waals surface area contributed by atoms with Gasteiger partial charge in [-0.15, -0.1) is 0 Å². The predicted octanol–water partition coefficient (Wildman–Crippen LogP) is 3.18. The summed E-state index contributed by atoms with van der Waals surface area (Å²) in [6.45, 7) is 6.41. The summed E-state index contributed by atoms with van der Waals surface area (Å²) in [5, 5.41) is 13.9. The van der Waals surface area contributed by atoms with Crippen LogP contribution in [0.1, 0.15) is 42.3 Å². The van der Waals surface area contributed by atoms with Crippen LogP contribution >= 0.6 is 0 Å². The molecule has 0 fully saturated rings. The van der Waals surface area contributed by atoms with Crippen LogP contribution in [0.2, 0.25) is 0 Å². The molecule has 0 unspecified atom stereocenters. The van der Waals surface area contributed by atoms with Crippen LogP contribution in [0.15, 0.2) is 41.5 Å². The highest BCUT2D eigenvalue weighted by molar-refractivity contribution is 5.95. The first-order chi connectivity index (χ1) is 11.8. The van der Waals surface area contributed by atoms with Gasteiger partial charge in [-0.1, -0.05) is 26.8 Å². The van der Waals surface area contributed by atoms with Crippen molar-refractivity contribution in [1.29, 1.82) is 0 Å². The molecular weight excluding hydrogens is 320 g/mol. The largest absolute Gasteiger partial charge is 0.507 e. The Kier molecular flexibility index (Phi) is 4.35. The predicted molar refractivity (Wildman–Crippen MR) is 94.4 cm³/mol. The van der Waals surface area contributed by atoms with E-state index in [9.17, 15) is 9.90 Å². The Morgan fingerprint density at radius 2 is 1.92 bits per heavy atom. The second-order valence-corrected chi connectivity index (χ2v) is 6.79. The molecule has 25 heavy (non-hydrogen) atoms. The molecule has 0 spiro atoms. The summed E-state index contributed by atoms with van der Waals surface area (Å²) < 4.78 is 10.5. The van der Waals surface area contributed by atoms with E-state index in [0.29, 0.717) is 22.6 Å². The number of phenols is 1. The molecule has 0 aliphatic carbocycles. The first-order valence-electron chi connectivity index (χ1n) is 7.91. The number of amides is 1. The van der Waals surface area contributed by atoms with Crippen molar-refractivity contribution in [2.45, 2.75) is 26.2 Å². The van der Waals surface area contributed by atoms with E-state index in [2.05, 4.69) is 31.3 Å². The standard InChI is InChI=1S/C19H20N2O4/c1-19(2,3)14-5-6-15(22)13(8-14)10-20-21-18(23)12-4-7-16-17(9-12)25-11-24-16/h4-10,22H,11H2,1-3H3,(H,21,23)/b20-10+. The average Bonchev–Trinajstić information content (AvgIpc) is 3.03. The van der Waals surface area contributed by atoms with Gasteiger partial charge in [0.05, 0.1) is 6.21 Å². The monoisotopic (exact) mass is 340 g/mol. The van der Waals surface area contributed by atoms with Crippen molar-refractivity contribution >= 4 is 12.1 Å². The molecule has 1 heterocycles. The first-order valence-corrected chi connectivity index (χ1v) is 7.91. The van der Waals surface area contributed by atoms with Gasteiger partial charge in [-0.2, -0.15) is 5.10 Å². The molecule has 1 amide bonds.